The van der Waals surface area contributed by atoms with Crippen molar-refractivity contribution < 1.29 is 14.5 Å². The molecule has 0 bridgehead atoms. The van der Waals surface area contributed by atoms with Crippen molar-refractivity contribution in [3.63, 3.8) is 0 Å². The molecule has 0 fully saturated rings. The number of carbonyl (C=O) groups excluding carboxylic acids is 1. The molecule has 0 aromatic heterocycles. The van der Waals surface area contributed by atoms with E-state index < -0.39 is 10.5 Å². The third kappa shape index (κ3) is 5.79. The van der Waals surface area contributed by atoms with Gasteiger partial charge in [-0.25, -0.2) is 0 Å². The molecule has 2 aromatic carbocycles. The maximum absolute atomic E-state index is 12.6. The van der Waals surface area contributed by atoms with Gasteiger partial charge in [-0.05, 0) is 45.9 Å². The molecule has 0 atom stereocenters. The Kier molecular flexibility index (Phi) is 6.52. The number of hydrogen-bond donors (Lipinski definition) is 2. The fraction of sp³-hybridized carbons (Fsp3) is 0.350. The first kappa shape index (κ1) is 20.4. The number of non-ortho nitro benzene ring substituents is 1. The SMILES string of the molecule is CC(C)Oc1ccc([N+](=O)[O-])cc1CNC(C)(C)C(=O)Nc1ccccc1. The van der Waals surface area contributed by atoms with Crippen LogP contribution in [0.15, 0.2) is 48.5 Å². The molecule has 27 heavy (non-hydrogen) atoms. The zero-order valence-electron chi connectivity index (χ0n) is 16.0. The van der Waals surface area contributed by atoms with E-state index in [9.17, 15) is 14.9 Å². The molecule has 0 saturated heterocycles. The first-order chi connectivity index (χ1) is 12.7. The van der Waals surface area contributed by atoms with Gasteiger partial charge in [0.05, 0.1) is 16.6 Å². The second kappa shape index (κ2) is 8.64. The van der Waals surface area contributed by atoms with Crippen LogP contribution in [0.1, 0.15) is 33.3 Å². The van der Waals surface area contributed by atoms with Crippen molar-refractivity contribution in [2.75, 3.05) is 5.32 Å². The van der Waals surface area contributed by atoms with Crippen LogP contribution in [0.2, 0.25) is 0 Å². The summed E-state index contributed by atoms with van der Waals surface area (Å²) < 4.78 is 5.74. The van der Waals surface area contributed by atoms with Gasteiger partial charge in [0.15, 0.2) is 0 Å². The number of ether oxygens (including phenoxy) is 1. The number of amides is 1. The van der Waals surface area contributed by atoms with Gasteiger partial charge in [-0.2, -0.15) is 0 Å². The molecule has 0 aliphatic carbocycles. The zero-order valence-corrected chi connectivity index (χ0v) is 16.0. The summed E-state index contributed by atoms with van der Waals surface area (Å²) >= 11 is 0. The predicted octanol–water partition coefficient (Wildman–Crippen LogP) is 3.89. The van der Waals surface area contributed by atoms with E-state index in [-0.39, 0.29) is 24.2 Å². The molecular formula is C20H25N3O4. The third-order valence-electron chi connectivity index (χ3n) is 3.94. The van der Waals surface area contributed by atoms with E-state index in [2.05, 4.69) is 10.6 Å². The summed E-state index contributed by atoms with van der Waals surface area (Å²) in [5.41, 5.74) is 0.416. The number of nitro benzene ring substituents is 1. The number of anilines is 1. The van der Waals surface area contributed by atoms with Crippen molar-refractivity contribution in [3.8, 4) is 5.75 Å². The Labute approximate surface area is 158 Å². The monoisotopic (exact) mass is 371 g/mol. The van der Waals surface area contributed by atoms with Gasteiger partial charge in [-0.1, -0.05) is 18.2 Å². The number of nitrogens with one attached hydrogen (secondary N) is 2. The smallest absolute Gasteiger partial charge is 0.270 e. The minimum atomic E-state index is -0.893. The van der Waals surface area contributed by atoms with Crippen LogP contribution in [0.4, 0.5) is 11.4 Å². The Morgan fingerprint density at radius 2 is 1.85 bits per heavy atom. The molecule has 0 unspecified atom stereocenters. The fourth-order valence-corrected chi connectivity index (χ4v) is 2.39. The average molecular weight is 371 g/mol. The molecule has 0 radical (unpaired) electrons. The molecule has 0 heterocycles. The molecule has 144 valence electrons. The van der Waals surface area contributed by atoms with Gasteiger partial charge < -0.3 is 10.1 Å². The molecular weight excluding hydrogens is 346 g/mol. The first-order valence-corrected chi connectivity index (χ1v) is 8.74. The van der Waals surface area contributed by atoms with Gasteiger partial charge in [0.1, 0.15) is 5.75 Å². The summed E-state index contributed by atoms with van der Waals surface area (Å²) in [4.78, 5) is 23.2. The van der Waals surface area contributed by atoms with Crippen LogP contribution < -0.4 is 15.4 Å². The molecule has 7 heteroatoms. The van der Waals surface area contributed by atoms with Crippen molar-refractivity contribution in [1.29, 1.82) is 0 Å². The lowest BCUT2D eigenvalue weighted by Gasteiger charge is -2.26. The summed E-state index contributed by atoms with van der Waals surface area (Å²) in [7, 11) is 0. The quantitative estimate of drug-likeness (QED) is 0.542. The van der Waals surface area contributed by atoms with Gasteiger partial charge in [-0.3, -0.25) is 20.2 Å². The van der Waals surface area contributed by atoms with Crippen LogP contribution in [-0.4, -0.2) is 22.5 Å². The highest BCUT2D eigenvalue weighted by Crippen LogP contribution is 2.26. The Morgan fingerprint density at radius 1 is 1.19 bits per heavy atom. The van der Waals surface area contributed by atoms with Crippen LogP contribution in [0.25, 0.3) is 0 Å². The second-order valence-electron chi connectivity index (χ2n) is 7.01. The number of nitrogens with zero attached hydrogens (tertiary/aromatic N) is 1. The minimum Gasteiger partial charge on any atom is -0.491 e. The summed E-state index contributed by atoms with van der Waals surface area (Å²) in [6, 6.07) is 13.6. The number of para-hydroxylation sites is 1. The van der Waals surface area contributed by atoms with E-state index in [1.54, 1.807) is 19.9 Å². The Balaban J connectivity index is 2.13. The summed E-state index contributed by atoms with van der Waals surface area (Å²) in [5, 5.41) is 17.1. The van der Waals surface area contributed by atoms with Gasteiger partial charge in [-0.15, -0.1) is 0 Å². The van der Waals surface area contributed by atoms with Crippen LogP contribution in [0.3, 0.4) is 0 Å². The van der Waals surface area contributed by atoms with Crippen molar-refractivity contribution in [3.05, 3.63) is 64.2 Å². The van der Waals surface area contributed by atoms with Crippen LogP contribution >= 0.6 is 0 Å². The van der Waals surface area contributed by atoms with E-state index in [1.165, 1.54) is 12.1 Å². The molecule has 2 rings (SSSR count). The molecule has 0 aliphatic heterocycles. The van der Waals surface area contributed by atoms with Crippen molar-refractivity contribution >= 4 is 17.3 Å². The van der Waals surface area contributed by atoms with E-state index in [4.69, 9.17) is 4.74 Å². The largest absolute Gasteiger partial charge is 0.491 e. The molecule has 2 aromatic rings. The van der Waals surface area contributed by atoms with Crippen LogP contribution in [0, 0.1) is 10.1 Å². The number of carbonyl (C=O) groups is 1. The van der Waals surface area contributed by atoms with Crippen molar-refractivity contribution in [2.24, 2.45) is 0 Å². The lowest BCUT2D eigenvalue weighted by Crippen LogP contribution is -2.49. The first-order valence-electron chi connectivity index (χ1n) is 8.74. The molecule has 7 nitrogen and oxygen atoms in total. The standard InChI is InChI=1S/C20H25N3O4/c1-14(2)27-18-11-10-17(23(25)26)12-15(18)13-21-20(3,4)19(24)22-16-8-6-5-7-9-16/h5-12,14,21H,13H2,1-4H3,(H,22,24). The average Bonchev–Trinajstić information content (AvgIpc) is 2.61. The number of nitro groups is 1. The van der Waals surface area contributed by atoms with E-state index >= 15 is 0 Å². The van der Waals surface area contributed by atoms with Crippen LogP contribution in [0.5, 0.6) is 5.75 Å². The van der Waals surface area contributed by atoms with Crippen LogP contribution in [-0.2, 0) is 11.3 Å². The summed E-state index contributed by atoms with van der Waals surface area (Å²) in [5.74, 6) is 0.354. The topological polar surface area (TPSA) is 93.5 Å². The second-order valence-corrected chi connectivity index (χ2v) is 7.01. The number of hydrogen-bond acceptors (Lipinski definition) is 5. The van der Waals surface area contributed by atoms with E-state index in [1.807, 2.05) is 44.2 Å². The molecule has 2 N–H and O–H groups in total. The van der Waals surface area contributed by atoms with Crippen molar-refractivity contribution in [2.45, 2.75) is 45.9 Å². The normalized spacial score (nSPS) is 11.3. The Morgan fingerprint density at radius 3 is 2.44 bits per heavy atom. The Hall–Kier alpha value is -2.93. The maximum atomic E-state index is 12.6. The number of rotatable bonds is 8. The molecule has 0 saturated carbocycles. The van der Waals surface area contributed by atoms with E-state index in [0.29, 0.717) is 17.0 Å². The van der Waals surface area contributed by atoms with E-state index in [0.717, 1.165) is 0 Å². The fourth-order valence-electron chi connectivity index (χ4n) is 2.39. The minimum absolute atomic E-state index is 0.0190. The molecule has 1 amide bonds. The lowest BCUT2D eigenvalue weighted by molar-refractivity contribution is -0.384. The van der Waals surface area contributed by atoms with Gasteiger partial charge in [0, 0.05) is 29.9 Å². The van der Waals surface area contributed by atoms with Gasteiger partial charge in [0.2, 0.25) is 5.91 Å². The lowest BCUT2D eigenvalue weighted by atomic mass is 10.0. The maximum Gasteiger partial charge on any atom is 0.270 e. The summed E-state index contributed by atoms with van der Waals surface area (Å²) in [6.45, 7) is 7.53. The predicted molar refractivity (Wildman–Crippen MR) is 105 cm³/mol. The summed E-state index contributed by atoms with van der Waals surface area (Å²) in [6.07, 6.45) is -0.0698. The van der Waals surface area contributed by atoms with Crippen molar-refractivity contribution in [1.82, 2.24) is 5.32 Å². The highest BCUT2D eigenvalue weighted by Gasteiger charge is 2.27. The molecule has 0 spiro atoms. The van der Waals surface area contributed by atoms with Gasteiger partial charge in [0.25, 0.3) is 5.69 Å². The number of benzene rings is 2. The van der Waals surface area contributed by atoms with Gasteiger partial charge >= 0.3 is 0 Å². The third-order valence-corrected chi connectivity index (χ3v) is 3.94. The molecule has 0 aliphatic rings. The Bertz CT molecular complexity index is 804. The highest BCUT2D eigenvalue weighted by molar-refractivity contribution is 5.97. The zero-order chi connectivity index (χ0) is 20.0. The highest BCUT2D eigenvalue weighted by atomic mass is 16.6.